The van der Waals surface area contributed by atoms with Gasteiger partial charge in [0, 0.05) is 23.0 Å². The summed E-state index contributed by atoms with van der Waals surface area (Å²) in [5.74, 6) is -0.533. The van der Waals surface area contributed by atoms with E-state index in [1.807, 2.05) is 25.3 Å². The Kier molecular flexibility index (Phi) is 6.09. The first-order chi connectivity index (χ1) is 11.9. The molecule has 0 saturated carbocycles. The molecule has 0 saturated heterocycles. The van der Waals surface area contributed by atoms with E-state index in [2.05, 4.69) is 5.32 Å². The maximum atomic E-state index is 12.2. The highest BCUT2D eigenvalue weighted by Gasteiger charge is 2.18. The van der Waals surface area contributed by atoms with Crippen molar-refractivity contribution in [3.05, 3.63) is 46.2 Å². The zero-order valence-corrected chi connectivity index (χ0v) is 15.4. The first-order valence-electron chi connectivity index (χ1n) is 7.84. The lowest BCUT2D eigenvalue weighted by molar-refractivity contribution is -0.119. The Morgan fingerprint density at radius 3 is 2.56 bits per heavy atom. The van der Waals surface area contributed by atoms with E-state index in [0.717, 1.165) is 17.9 Å². The molecule has 1 heterocycles. The van der Waals surface area contributed by atoms with E-state index in [0.29, 0.717) is 22.0 Å². The third kappa shape index (κ3) is 4.33. The Morgan fingerprint density at radius 2 is 1.96 bits per heavy atom. The van der Waals surface area contributed by atoms with Crippen LogP contribution in [0.3, 0.4) is 0 Å². The molecule has 1 N–H and O–H groups in total. The number of halogens is 1. The van der Waals surface area contributed by atoms with E-state index in [9.17, 15) is 9.59 Å². The molecule has 0 bridgehead atoms. The minimum Gasteiger partial charge on any atom is -0.495 e. The lowest BCUT2D eigenvalue weighted by Crippen LogP contribution is -2.21. The number of carbonyl (C=O) groups is 2. The fourth-order valence-electron chi connectivity index (χ4n) is 2.67. The largest absolute Gasteiger partial charge is 0.495 e. The first kappa shape index (κ1) is 18.9. The Bertz CT molecular complexity index is 799. The van der Waals surface area contributed by atoms with Crippen LogP contribution < -0.4 is 10.1 Å². The fraction of sp³-hybridized carbons (Fsp3) is 0.333. The predicted octanol–water partition coefficient (Wildman–Crippen LogP) is 3.58. The first-order valence-corrected chi connectivity index (χ1v) is 8.22. The summed E-state index contributed by atoms with van der Waals surface area (Å²) in [6, 6.07) is 6.62. The molecule has 7 heteroatoms. The average molecular weight is 365 g/mol. The number of ether oxygens (including phenoxy) is 2. The quantitative estimate of drug-likeness (QED) is 0.795. The molecule has 6 nitrogen and oxygen atoms in total. The number of anilines is 1. The smallest absolute Gasteiger partial charge is 0.340 e. The Hall–Kier alpha value is -2.47. The van der Waals surface area contributed by atoms with Crippen LogP contribution in [0.5, 0.6) is 5.75 Å². The Morgan fingerprint density at radius 1 is 1.24 bits per heavy atom. The van der Waals surface area contributed by atoms with Gasteiger partial charge in [0.2, 0.25) is 0 Å². The van der Waals surface area contributed by atoms with Crippen LogP contribution in [-0.4, -0.2) is 30.2 Å². The van der Waals surface area contributed by atoms with Crippen molar-refractivity contribution >= 4 is 29.2 Å². The van der Waals surface area contributed by atoms with Gasteiger partial charge in [-0.15, -0.1) is 0 Å². The summed E-state index contributed by atoms with van der Waals surface area (Å²) in [4.78, 5) is 24.3. The number of hydrogen-bond acceptors (Lipinski definition) is 4. The molecule has 0 unspecified atom stereocenters. The molecule has 0 spiro atoms. The van der Waals surface area contributed by atoms with Crippen molar-refractivity contribution in [3.8, 4) is 5.75 Å². The molecule has 0 aliphatic rings. The summed E-state index contributed by atoms with van der Waals surface area (Å²) < 4.78 is 12.3. The number of hydrogen-bond donors (Lipinski definition) is 1. The van der Waals surface area contributed by atoms with Crippen molar-refractivity contribution in [2.24, 2.45) is 0 Å². The lowest BCUT2D eigenvalue weighted by Gasteiger charge is -2.11. The summed E-state index contributed by atoms with van der Waals surface area (Å²) in [6.45, 7) is 6.14. The number of esters is 1. The van der Waals surface area contributed by atoms with E-state index in [1.54, 1.807) is 24.3 Å². The topological polar surface area (TPSA) is 69.6 Å². The van der Waals surface area contributed by atoms with Gasteiger partial charge in [-0.25, -0.2) is 4.79 Å². The highest BCUT2D eigenvalue weighted by molar-refractivity contribution is 6.31. The van der Waals surface area contributed by atoms with Crippen LogP contribution in [0.4, 0.5) is 5.69 Å². The highest BCUT2D eigenvalue weighted by atomic mass is 35.5. The Labute approximate surface area is 151 Å². The SMILES string of the molecule is CCn1c(C)cc(C(=O)OCC(=O)Nc2cc(Cl)ccc2OC)c1C. The van der Waals surface area contributed by atoms with E-state index in [1.165, 1.54) is 7.11 Å². The normalized spacial score (nSPS) is 10.4. The van der Waals surface area contributed by atoms with Crippen molar-refractivity contribution in [2.45, 2.75) is 27.3 Å². The summed E-state index contributed by atoms with van der Waals surface area (Å²) in [5, 5.41) is 3.08. The predicted molar refractivity (Wildman–Crippen MR) is 96.5 cm³/mol. The molecule has 0 fully saturated rings. The maximum Gasteiger partial charge on any atom is 0.340 e. The molecule has 0 aliphatic heterocycles. The van der Waals surface area contributed by atoms with Crippen molar-refractivity contribution in [1.82, 2.24) is 4.57 Å². The van der Waals surface area contributed by atoms with Crippen LogP contribution in [0.1, 0.15) is 28.7 Å². The molecule has 2 rings (SSSR count). The van der Waals surface area contributed by atoms with Gasteiger partial charge in [-0.3, -0.25) is 4.79 Å². The van der Waals surface area contributed by atoms with Gasteiger partial charge in [-0.05, 0) is 45.0 Å². The van der Waals surface area contributed by atoms with Gasteiger partial charge in [0.25, 0.3) is 5.91 Å². The van der Waals surface area contributed by atoms with Crippen LogP contribution >= 0.6 is 11.6 Å². The standard InChI is InChI=1S/C18H21ClN2O4/c1-5-21-11(2)8-14(12(21)3)18(23)25-10-17(22)20-15-9-13(19)6-7-16(15)24-4/h6-9H,5,10H2,1-4H3,(H,20,22). The number of benzene rings is 1. The van der Waals surface area contributed by atoms with Crippen molar-refractivity contribution < 1.29 is 19.1 Å². The highest BCUT2D eigenvalue weighted by Crippen LogP contribution is 2.27. The van der Waals surface area contributed by atoms with Crippen molar-refractivity contribution in [3.63, 3.8) is 0 Å². The minimum atomic E-state index is -0.527. The number of aromatic nitrogens is 1. The number of nitrogens with one attached hydrogen (secondary N) is 1. The average Bonchev–Trinajstić information content (AvgIpc) is 2.87. The maximum absolute atomic E-state index is 12.2. The number of rotatable bonds is 6. The lowest BCUT2D eigenvalue weighted by atomic mass is 10.2. The second-order valence-corrected chi connectivity index (χ2v) is 5.93. The summed E-state index contributed by atoms with van der Waals surface area (Å²) in [6.07, 6.45) is 0. The van der Waals surface area contributed by atoms with E-state index >= 15 is 0 Å². The zero-order chi connectivity index (χ0) is 18.6. The second-order valence-electron chi connectivity index (χ2n) is 5.50. The molecule has 1 amide bonds. The molecule has 0 atom stereocenters. The van der Waals surface area contributed by atoms with Gasteiger partial charge in [0.05, 0.1) is 18.4 Å². The van der Waals surface area contributed by atoms with Gasteiger partial charge < -0.3 is 19.4 Å². The molecule has 2 aromatic rings. The monoisotopic (exact) mass is 364 g/mol. The Balaban J connectivity index is 2.01. The van der Waals surface area contributed by atoms with Gasteiger partial charge in [-0.1, -0.05) is 11.6 Å². The number of aryl methyl sites for hydroxylation is 1. The van der Waals surface area contributed by atoms with Crippen molar-refractivity contribution in [2.75, 3.05) is 19.0 Å². The summed E-state index contributed by atoms with van der Waals surface area (Å²) in [5.41, 5.74) is 2.68. The van der Waals surface area contributed by atoms with Crippen LogP contribution in [-0.2, 0) is 16.1 Å². The molecule has 134 valence electrons. The van der Waals surface area contributed by atoms with Crippen LogP contribution in [0.25, 0.3) is 0 Å². The fourth-order valence-corrected chi connectivity index (χ4v) is 2.84. The summed E-state index contributed by atoms with van der Waals surface area (Å²) >= 11 is 5.92. The number of methoxy groups -OCH3 is 1. The third-order valence-corrected chi connectivity index (χ3v) is 4.11. The summed E-state index contributed by atoms with van der Waals surface area (Å²) in [7, 11) is 1.49. The molecule has 0 radical (unpaired) electrons. The molecular weight excluding hydrogens is 344 g/mol. The van der Waals surface area contributed by atoms with E-state index in [4.69, 9.17) is 21.1 Å². The van der Waals surface area contributed by atoms with E-state index < -0.39 is 18.5 Å². The minimum absolute atomic E-state index is 0.399. The van der Waals surface area contributed by atoms with Crippen LogP contribution in [0, 0.1) is 13.8 Å². The molecule has 0 aliphatic carbocycles. The second kappa shape index (κ2) is 8.07. The van der Waals surface area contributed by atoms with Gasteiger partial charge >= 0.3 is 5.97 Å². The molecule has 1 aromatic carbocycles. The van der Waals surface area contributed by atoms with Crippen LogP contribution in [0.15, 0.2) is 24.3 Å². The van der Waals surface area contributed by atoms with Gasteiger partial charge in [-0.2, -0.15) is 0 Å². The zero-order valence-electron chi connectivity index (χ0n) is 14.7. The molecule has 1 aromatic heterocycles. The van der Waals surface area contributed by atoms with Crippen LogP contribution in [0.2, 0.25) is 5.02 Å². The van der Waals surface area contributed by atoms with Crippen molar-refractivity contribution in [1.29, 1.82) is 0 Å². The van der Waals surface area contributed by atoms with E-state index in [-0.39, 0.29) is 0 Å². The number of carbonyl (C=O) groups excluding carboxylic acids is 2. The third-order valence-electron chi connectivity index (χ3n) is 3.88. The van der Waals surface area contributed by atoms with Gasteiger partial charge in [0.1, 0.15) is 5.75 Å². The molecule has 25 heavy (non-hydrogen) atoms. The molecular formula is C18H21ClN2O4. The number of nitrogens with zero attached hydrogens (tertiary/aromatic N) is 1. The number of amides is 1. The van der Waals surface area contributed by atoms with Gasteiger partial charge in [0.15, 0.2) is 6.61 Å².